The summed E-state index contributed by atoms with van der Waals surface area (Å²) in [4.78, 5) is 4.90. The van der Waals surface area contributed by atoms with Gasteiger partial charge >= 0.3 is 10.2 Å². The van der Waals surface area contributed by atoms with E-state index in [9.17, 15) is 8.42 Å². The van der Waals surface area contributed by atoms with E-state index in [4.69, 9.17) is 16.3 Å². The van der Waals surface area contributed by atoms with Gasteiger partial charge < -0.3 is 4.74 Å². The van der Waals surface area contributed by atoms with E-state index in [1.54, 1.807) is 12.1 Å². The number of nitrogens with zero attached hydrogens (tertiary/aromatic N) is 3. The lowest BCUT2D eigenvalue weighted by Gasteiger charge is -2.15. The Bertz CT molecular complexity index is 778. The lowest BCUT2D eigenvalue weighted by atomic mass is 10.4. The van der Waals surface area contributed by atoms with Crippen molar-refractivity contribution in [2.75, 3.05) is 20.7 Å². The number of thiophene rings is 1. The molecule has 120 valence electrons. The molecule has 0 amide bonds. The number of aromatic nitrogens is 2. The Kier molecular flexibility index (Phi) is 5.28. The smallest absolute Gasteiger partial charge is 0.309 e. The molecule has 0 aromatic carbocycles. The van der Waals surface area contributed by atoms with Crippen molar-refractivity contribution >= 4 is 39.2 Å². The van der Waals surface area contributed by atoms with Gasteiger partial charge in [-0.2, -0.15) is 12.7 Å². The Hall–Kier alpha value is -1.35. The van der Waals surface area contributed by atoms with Crippen molar-refractivity contribution in [1.29, 1.82) is 0 Å². The van der Waals surface area contributed by atoms with Crippen molar-refractivity contribution in [2.24, 2.45) is 0 Å². The van der Waals surface area contributed by atoms with Crippen LogP contribution in [0.1, 0.15) is 12.7 Å². The molecule has 2 rings (SSSR count). The summed E-state index contributed by atoms with van der Waals surface area (Å²) in [6, 6.07) is 3.48. The summed E-state index contributed by atoms with van der Waals surface area (Å²) in [6.07, 6.45) is 4.45. The van der Waals surface area contributed by atoms with E-state index in [0.717, 1.165) is 9.18 Å². The molecule has 0 N–H and O–H groups in total. The van der Waals surface area contributed by atoms with E-state index in [1.165, 1.54) is 47.9 Å². The van der Waals surface area contributed by atoms with Gasteiger partial charge in [-0.1, -0.05) is 11.6 Å². The molecule has 2 aromatic rings. The average molecular weight is 362 g/mol. The van der Waals surface area contributed by atoms with E-state index >= 15 is 0 Å². The SMILES string of the molecule is CCO/C=C/c1ncc(-c2ccc(Cl)s2)n1S(=O)(=O)N(C)C. The first-order chi connectivity index (χ1) is 10.4. The maximum atomic E-state index is 12.6. The van der Waals surface area contributed by atoms with Crippen molar-refractivity contribution in [3.63, 3.8) is 0 Å². The van der Waals surface area contributed by atoms with Crippen molar-refractivity contribution in [3.05, 3.63) is 34.8 Å². The van der Waals surface area contributed by atoms with Crippen LogP contribution in [0.15, 0.2) is 24.6 Å². The minimum atomic E-state index is -3.73. The Morgan fingerprint density at radius 1 is 1.45 bits per heavy atom. The summed E-state index contributed by atoms with van der Waals surface area (Å²) < 4.78 is 33.2. The molecule has 0 unspecified atom stereocenters. The number of imidazole rings is 1. The van der Waals surface area contributed by atoms with Crippen molar-refractivity contribution < 1.29 is 13.2 Å². The van der Waals surface area contributed by atoms with Gasteiger partial charge in [-0.05, 0) is 19.1 Å². The van der Waals surface area contributed by atoms with Gasteiger partial charge in [-0.3, -0.25) is 0 Å². The number of hydrogen-bond acceptors (Lipinski definition) is 5. The standard InChI is InChI=1S/C13H16ClN3O3S2/c1-4-20-8-7-13-15-9-10(11-5-6-12(14)21-11)17(13)22(18,19)16(2)3/h5-9H,4H2,1-3H3/b8-7+. The molecule has 22 heavy (non-hydrogen) atoms. The Balaban J connectivity index is 2.61. The highest BCUT2D eigenvalue weighted by atomic mass is 35.5. The van der Waals surface area contributed by atoms with E-state index in [2.05, 4.69) is 4.98 Å². The van der Waals surface area contributed by atoms with Crippen LogP contribution in [0.2, 0.25) is 4.34 Å². The second-order valence-corrected chi connectivity index (χ2v) is 8.12. The highest BCUT2D eigenvalue weighted by Gasteiger charge is 2.25. The van der Waals surface area contributed by atoms with E-state index in [1.807, 2.05) is 6.92 Å². The molecule has 9 heteroatoms. The molecule has 2 heterocycles. The number of ether oxygens (including phenoxy) is 1. The molecule has 0 bridgehead atoms. The van der Waals surface area contributed by atoms with Crippen LogP contribution in [0.5, 0.6) is 0 Å². The fraction of sp³-hybridized carbons (Fsp3) is 0.308. The van der Waals surface area contributed by atoms with Crippen LogP contribution in [-0.4, -0.2) is 42.4 Å². The quantitative estimate of drug-likeness (QED) is 0.742. The minimum Gasteiger partial charge on any atom is -0.501 e. The summed E-state index contributed by atoms with van der Waals surface area (Å²) in [5.41, 5.74) is 0.460. The normalized spacial score (nSPS) is 12.4. The van der Waals surface area contributed by atoms with Crippen LogP contribution < -0.4 is 0 Å². The van der Waals surface area contributed by atoms with Crippen molar-refractivity contribution in [3.8, 4) is 10.6 Å². The van der Waals surface area contributed by atoms with Gasteiger partial charge in [-0.15, -0.1) is 11.3 Å². The molecular formula is C13H16ClN3O3S2. The van der Waals surface area contributed by atoms with E-state index in [0.29, 0.717) is 16.6 Å². The van der Waals surface area contributed by atoms with Gasteiger partial charge in [0.05, 0.1) is 34.0 Å². The molecule has 0 aliphatic rings. The van der Waals surface area contributed by atoms with Gasteiger partial charge in [0, 0.05) is 20.2 Å². The van der Waals surface area contributed by atoms with Crippen LogP contribution in [0, 0.1) is 0 Å². The molecule has 0 spiro atoms. The second-order valence-electron chi connectivity index (χ2n) is 4.42. The topological polar surface area (TPSA) is 64.4 Å². The molecule has 0 fully saturated rings. The summed E-state index contributed by atoms with van der Waals surface area (Å²) in [7, 11) is -0.789. The van der Waals surface area contributed by atoms with Gasteiger partial charge in [0.1, 0.15) is 0 Å². The maximum Gasteiger partial charge on any atom is 0.309 e. The fourth-order valence-electron chi connectivity index (χ4n) is 1.69. The molecule has 0 atom stereocenters. The Labute approximate surface area is 138 Å². The molecule has 0 saturated carbocycles. The summed E-state index contributed by atoms with van der Waals surface area (Å²) in [6.45, 7) is 2.33. The minimum absolute atomic E-state index is 0.265. The molecule has 6 nitrogen and oxygen atoms in total. The zero-order valence-electron chi connectivity index (χ0n) is 12.4. The van der Waals surface area contributed by atoms with E-state index < -0.39 is 10.2 Å². The lowest BCUT2D eigenvalue weighted by Crippen LogP contribution is -2.30. The molecule has 0 radical (unpaired) electrons. The largest absolute Gasteiger partial charge is 0.501 e. The first-order valence-corrected chi connectivity index (χ1v) is 9.01. The third-order valence-electron chi connectivity index (χ3n) is 2.74. The van der Waals surface area contributed by atoms with Crippen LogP contribution in [0.4, 0.5) is 0 Å². The number of hydrogen-bond donors (Lipinski definition) is 0. The van der Waals surface area contributed by atoms with Crippen molar-refractivity contribution in [1.82, 2.24) is 13.3 Å². The lowest BCUT2D eigenvalue weighted by molar-refractivity contribution is 0.272. The van der Waals surface area contributed by atoms with E-state index in [-0.39, 0.29) is 5.82 Å². The highest BCUT2D eigenvalue weighted by molar-refractivity contribution is 7.87. The molecule has 0 aliphatic carbocycles. The fourth-order valence-corrected chi connectivity index (χ4v) is 3.86. The van der Waals surface area contributed by atoms with Gasteiger partial charge in [0.15, 0.2) is 5.82 Å². The first kappa shape index (κ1) is 17.0. The first-order valence-electron chi connectivity index (χ1n) is 6.42. The highest BCUT2D eigenvalue weighted by Crippen LogP contribution is 2.32. The summed E-state index contributed by atoms with van der Waals surface area (Å²) in [5.74, 6) is 0.265. The van der Waals surface area contributed by atoms with Crippen LogP contribution in [0.3, 0.4) is 0 Å². The predicted molar refractivity (Wildman–Crippen MR) is 89.2 cm³/mol. The third kappa shape index (κ3) is 3.35. The van der Waals surface area contributed by atoms with Gasteiger partial charge in [-0.25, -0.2) is 8.96 Å². The summed E-state index contributed by atoms with van der Waals surface area (Å²) in [5, 5.41) is 0. The van der Waals surface area contributed by atoms with Crippen molar-refractivity contribution in [2.45, 2.75) is 6.92 Å². The molecule has 0 aliphatic heterocycles. The summed E-state index contributed by atoms with van der Waals surface area (Å²) >= 11 is 7.23. The zero-order chi connectivity index (χ0) is 16.3. The monoisotopic (exact) mass is 361 g/mol. The third-order valence-corrected chi connectivity index (χ3v) is 5.77. The molecule has 2 aromatic heterocycles. The maximum absolute atomic E-state index is 12.6. The second kappa shape index (κ2) is 6.82. The van der Waals surface area contributed by atoms with Gasteiger partial charge in [0.25, 0.3) is 0 Å². The van der Waals surface area contributed by atoms with Crippen LogP contribution in [-0.2, 0) is 14.9 Å². The number of rotatable bonds is 6. The molecular weight excluding hydrogens is 346 g/mol. The van der Waals surface area contributed by atoms with Crippen LogP contribution in [0.25, 0.3) is 16.6 Å². The zero-order valence-corrected chi connectivity index (χ0v) is 14.7. The molecule has 0 saturated heterocycles. The van der Waals surface area contributed by atoms with Gasteiger partial charge in [0.2, 0.25) is 0 Å². The Morgan fingerprint density at radius 2 is 2.18 bits per heavy atom. The van der Waals surface area contributed by atoms with Crippen LogP contribution >= 0.6 is 22.9 Å². The number of halogens is 1. The average Bonchev–Trinajstić information content (AvgIpc) is 3.05. The Morgan fingerprint density at radius 3 is 2.73 bits per heavy atom. The predicted octanol–water partition coefficient (Wildman–Crippen LogP) is 2.93.